The molecule has 0 bridgehead atoms. The molecule has 1 atom stereocenters. The maximum atomic E-state index is 11.5. The third-order valence-electron chi connectivity index (χ3n) is 0.353. The van der Waals surface area contributed by atoms with Crippen molar-refractivity contribution in [2.24, 2.45) is 5.73 Å². The highest BCUT2D eigenvalue weighted by Crippen LogP contribution is 2.16. The summed E-state index contributed by atoms with van der Waals surface area (Å²) in [5.41, 5.74) is 4.34. The molecule has 0 heterocycles. The molecule has 0 saturated carbocycles. The van der Waals surface area contributed by atoms with Crippen LogP contribution in [0.1, 0.15) is 11.0 Å². The number of halogens is 3. The van der Waals surface area contributed by atoms with E-state index < -0.39 is 19.1 Å². The van der Waals surface area contributed by atoms with Crippen LogP contribution in [0.3, 0.4) is 0 Å². The Kier molecular flexibility index (Phi) is 0.706. The SMILES string of the molecule is [2H]C([2H])([2H])C(N)C(F)(F)F. The molecule has 0 aliphatic rings. The molecule has 0 fully saturated rings. The van der Waals surface area contributed by atoms with Gasteiger partial charge in [0.25, 0.3) is 0 Å². The highest BCUT2D eigenvalue weighted by molar-refractivity contribution is 4.61. The Bertz CT molecular complexity index is 103. The zero-order valence-corrected chi connectivity index (χ0v) is 3.29. The molecular weight excluding hydrogens is 107 g/mol. The molecule has 0 aromatic carbocycles. The van der Waals surface area contributed by atoms with E-state index in [0.29, 0.717) is 0 Å². The minimum atomic E-state index is -4.84. The van der Waals surface area contributed by atoms with Crippen LogP contribution in [0.2, 0.25) is 0 Å². The van der Waals surface area contributed by atoms with Crippen molar-refractivity contribution >= 4 is 0 Å². The van der Waals surface area contributed by atoms with Crippen LogP contribution < -0.4 is 5.73 Å². The summed E-state index contributed by atoms with van der Waals surface area (Å²) in [5.74, 6) is 0. The van der Waals surface area contributed by atoms with Gasteiger partial charge in [-0.25, -0.2) is 0 Å². The predicted octanol–water partition coefficient (Wildman–Crippen LogP) is 0.896. The van der Waals surface area contributed by atoms with Gasteiger partial charge in [0, 0.05) is 4.11 Å². The summed E-state index contributed by atoms with van der Waals surface area (Å²) in [5, 5.41) is 0. The van der Waals surface area contributed by atoms with Crippen molar-refractivity contribution < 1.29 is 17.3 Å². The van der Waals surface area contributed by atoms with Crippen molar-refractivity contribution in [3.05, 3.63) is 0 Å². The fraction of sp³-hybridized carbons (Fsp3) is 1.00. The van der Waals surface area contributed by atoms with Gasteiger partial charge in [-0.1, -0.05) is 0 Å². The molecule has 0 aromatic rings. The summed E-state index contributed by atoms with van der Waals surface area (Å²) in [6.45, 7) is -3.15. The smallest absolute Gasteiger partial charge is 0.320 e. The van der Waals surface area contributed by atoms with Crippen molar-refractivity contribution in [1.82, 2.24) is 0 Å². The lowest BCUT2D eigenvalue weighted by molar-refractivity contribution is -0.143. The zero-order chi connectivity index (χ0) is 8.58. The monoisotopic (exact) mass is 116 g/mol. The first kappa shape index (κ1) is 2.91. The van der Waals surface area contributed by atoms with Crippen molar-refractivity contribution in [2.45, 2.75) is 19.1 Å². The van der Waals surface area contributed by atoms with Crippen molar-refractivity contribution in [3.8, 4) is 0 Å². The molecule has 1 unspecified atom stereocenters. The fourth-order valence-electron chi connectivity index (χ4n) is 0. The van der Waals surface area contributed by atoms with Gasteiger partial charge in [-0.05, 0) is 6.85 Å². The molecule has 7 heavy (non-hydrogen) atoms. The Morgan fingerprint density at radius 1 is 1.71 bits per heavy atom. The highest BCUT2D eigenvalue weighted by atomic mass is 19.4. The van der Waals surface area contributed by atoms with Gasteiger partial charge in [0.15, 0.2) is 0 Å². The van der Waals surface area contributed by atoms with Gasteiger partial charge in [-0.2, -0.15) is 13.2 Å². The lowest BCUT2D eigenvalue weighted by atomic mass is 10.4. The van der Waals surface area contributed by atoms with E-state index in [9.17, 15) is 13.2 Å². The van der Waals surface area contributed by atoms with E-state index in [-0.39, 0.29) is 0 Å². The summed E-state index contributed by atoms with van der Waals surface area (Å²) in [6.07, 6.45) is -4.84. The van der Waals surface area contributed by atoms with Gasteiger partial charge in [0.2, 0.25) is 0 Å². The largest absolute Gasteiger partial charge is 0.403 e. The quantitative estimate of drug-likeness (QED) is 0.499. The Morgan fingerprint density at radius 3 is 2.14 bits per heavy atom. The van der Waals surface area contributed by atoms with E-state index >= 15 is 0 Å². The molecule has 0 aromatic heterocycles. The van der Waals surface area contributed by atoms with Crippen LogP contribution in [0.4, 0.5) is 13.2 Å². The molecular formula is C3H6F3N. The third-order valence-corrected chi connectivity index (χ3v) is 0.353. The predicted molar refractivity (Wildman–Crippen MR) is 19.7 cm³/mol. The molecule has 0 rings (SSSR count). The number of nitrogens with two attached hydrogens (primary N) is 1. The topological polar surface area (TPSA) is 26.0 Å². The molecule has 0 amide bonds. The van der Waals surface area contributed by atoms with Gasteiger partial charge in [0.1, 0.15) is 0 Å². The lowest BCUT2D eigenvalue weighted by Crippen LogP contribution is -2.33. The number of hydrogen-bond acceptors (Lipinski definition) is 1. The molecule has 0 spiro atoms. The molecule has 4 heteroatoms. The minimum absolute atomic E-state index is 2.74. The molecule has 0 aliphatic heterocycles. The molecule has 1 nitrogen and oxygen atoms in total. The van der Waals surface area contributed by atoms with Crippen molar-refractivity contribution in [1.29, 1.82) is 0 Å². The summed E-state index contributed by atoms with van der Waals surface area (Å²) in [7, 11) is 0. The first-order chi connectivity index (χ1) is 4.15. The van der Waals surface area contributed by atoms with Gasteiger partial charge in [-0.3, -0.25) is 0 Å². The molecule has 2 N–H and O–H groups in total. The van der Waals surface area contributed by atoms with Gasteiger partial charge >= 0.3 is 6.18 Å². The van der Waals surface area contributed by atoms with Crippen LogP contribution in [-0.4, -0.2) is 12.2 Å². The molecule has 0 saturated heterocycles. The number of hydrogen-bond donors (Lipinski definition) is 1. The van der Waals surface area contributed by atoms with Crippen LogP contribution in [0, 0.1) is 0 Å². The number of alkyl halides is 3. The van der Waals surface area contributed by atoms with Crippen molar-refractivity contribution in [2.75, 3.05) is 0 Å². The van der Waals surface area contributed by atoms with Gasteiger partial charge < -0.3 is 5.73 Å². The van der Waals surface area contributed by atoms with Gasteiger partial charge in [-0.15, -0.1) is 0 Å². The van der Waals surface area contributed by atoms with Crippen molar-refractivity contribution in [3.63, 3.8) is 0 Å². The van der Waals surface area contributed by atoms with E-state index in [1.807, 2.05) is 0 Å². The molecule has 44 valence electrons. The minimum Gasteiger partial charge on any atom is -0.320 e. The summed E-state index contributed by atoms with van der Waals surface area (Å²) >= 11 is 0. The highest BCUT2D eigenvalue weighted by Gasteiger charge is 2.32. The fourth-order valence-corrected chi connectivity index (χ4v) is 0. The Labute approximate surface area is 43.5 Å². The van der Waals surface area contributed by atoms with E-state index in [1.165, 1.54) is 0 Å². The Balaban J connectivity index is 4.23. The normalized spacial score (nSPS) is 24.9. The average molecular weight is 116 g/mol. The van der Waals surface area contributed by atoms with Crippen LogP contribution in [-0.2, 0) is 0 Å². The molecule has 0 radical (unpaired) electrons. The maximum absolute atomic E-state index is 11.5. The molecule has 0 aliphatic carbocycles. The summed E-state index contributed by atoms with van der Waals surface area (Å²) < 4.78 is 53.2. The first-order valence-corrected chi connectivity index (χ1v) is 1.48. The van der Waals surface area contributed by atoms with Crippen LogP contribution in [0.5, 0.6) is 0 Å². The summed E-state index contributed by atoms with van der Waals surface area (Å²) in [4.78, 5) is 0. The summed E-state index contributed by atoms with van der Waals surface area (Å²) in [6, 6.07) is -2.74. The first-order valence-electron chi connectivity index (χ1n) is 2.98. The van der Waals surface area contributed by atoms with Crippen LogP contribution in [0.15, 0.2) is 0 Å². The van der Waals surface area contributed by atoms with Crippen LogP contribution in [0.25, 0.3) is 0 Å². The van der Waals surface area contributed by atoms with E-state index in [1.54, 1.807) is 0 Å². The lowest BCUT2D eigenvalue weighted by Gasteiger charge is -2.07. The van der Waals surface area contributed by atoms with Gasteiger partial charge in [0.05, 0.1) is 6.04 Å². The van der Waals surface area contributed by atoms with E-state index in [4.69, 9.17) is 4.11 Å². The Hall–Kier alpha value is -0.250. The average Bonchev–Trinajstić information content (AvgIpc) is 1.59. The Morgan fingerprint density at radius 2 is 2.14 bits per heavy atom. The number of rotatable bonds is 0. The second kappa shape index (κ2) is 1.69. The standard InChI is InChI=1S/C3H6F3N/c1-2(7)3(4,5)6/h2H,7H2,1H3/i1D3. The zero-order valence-electron chi connectivity index (χ0n) is 6.29. The van der Waals surface area contributed by atoms with E-state index in [2.05, 4.69) is 5.73 Å². The second-order valence-corrected chi connectivity index (χ2v) is 1.02. The third kappa shape index (κ3) is 2.45. The van der Waals surface area contributed by atoms with Crippen LogP contribution >= 0.6 is 0 Å². The second-order valence-electron chi connectivity index (χ2n) is 1.02. The maximum Gasteiger partial charge on any atom is 0.403 e. The van der Waals surface area contributed by atoms with E-state index in [0.717, 1.165) is 0 Å².